The molecule has 0 aliphatic heterocycles. The van der Waals surface area contributed by atoms with E-state index in [1.165, 1.54) is 0 Å². The van der Waals surface area contributed by atoms with Crippen LogP contribution in [-0.2, 0) is 4.79 Å². The van der Waals surface area contributed by atoms with Gasteiger partial charge in [0.25, 0.3) is 0 Å². The van der Waals surface area contributed by atoms with Crippen LogP contribution in [-0.4, -0.2) is 5.78 Å². The van der Waals surface area contributed by atoms with E-state index in [0.29, 0.717) is 11.7 Å². The number of rotatable bonds is 1. The molecule has 0 aromatic carbocycles. The Kier molecular flexibility index (Phi) is 1.67. The van der Waals surface area contributed by atoms with Gasteiger partial charge in [-0.1, -0.05) is 26.0 Å². The fraction of sp³-hybridized carbons (Fsp3) is 0.667. The highest BCUT2D eigenvalue weighted by Crippen LogP contribution is 2.43. The fourth-order valence-corrected chi connectivity index (χ4v) is 1.33. The van der Waals surface area contributed by atoms with Crippen LogP contribution in [0.3, 0.4) is 0 Å². The molecule has 1 heteroatoms. The first-order valence-corrected chi connectivity index (χ1v) is 3.75. The van der Waals surface area contributed by atoms with Gasteiger partial charge in [0.2, 0.25) is 0 Å². The van der Waals surface area contributed by atoms with Gasteiger partial charge in [0.05, 0.1) is 0 Å². The van der Waals surface area contributed by atoms with E-state index >= 15 is 0 Å². The van der Waals surface area contributed by atoms with E-state index in [1.54, 1.807) is 0 Å². The molecule has 0 saturated heterocycles. The molecule has 0 aromatic rings. The van der Waals surface area contributed by atoms with E-state index in [1.807, 2.05) is 26.8 Å². The molecular formula is C9H14O. The van der Waals surface area contributed by atoms with Gasteiger partial charge in [-0.15, -0.1) is 0 Å². The maximum Gasteiger partial charge on any atom is 0.139 e. The molecule has 56 valence electrons. The molecule has 0 aromatic heterocycles. The van der Waals surface area contributed by atoms with Crippen LogP contribution in [0, 0.1) is 11.3 Å². The Labute approximate surface area is 62.1 Å². The lowest BCUT2D eigenvalue weighted by atomic mass is 9.61. The van der Waals surface area contributed by atoms with Crippen LogP contribution in [0.25, 0.3) is 0 Å². The molecule has 0 heterocycles. The van der Waals surface area contributed by atoms with Gasteiger partial charge in [0.15, 0.2) is 0 Å². The topological polar surface area (TPSA) is 17.1 Å². The number of Topliss-reactive ketones (excluding diaryl/α,β-unsaturated/α-hetero) is 1. The molecule has 1 saturated carbocycles. The Morgan fingerprint density at radius 3 is 2.50 bits per heavy atom. The molecule has 0 amide bonds. The summed E-state index contributed by atoms with van der Waals surface area (Å²) >= 11 is 0. The van der Waals surface area contributed by atoms with E-state index in [-0.39, 0.29) is 5.41 Å². The molecule has 1 aliphatic carbocycles. The fourth-order valence-electron chi connectivity index (χ4n) is 1.33. The van der Waals surface area contributed by atoms with Crippen molar-refractivity contribution >= 4 is 5.78 Å². The van der Waals surface area contributed by atoms with E-state index in [4.69, 9.17) is 0 Å². The number of hydrogen-bond acceptors (Lipinski definition) is 1. The van der Waals surface area contributed by atoms with Crippen LogP contribution in [0.5, 0.6) is 0 Å². The third-order valence-electron chi connectivity index (χ3n) is 2.48. The molecule has 1 fully saturated rings. The number of carbonyl (C=O) groups is 1. The van der Waals surface area contributed by atoms with Crippen LogP contribution in [0.4, 0.5) is 0 Å². The molecular weight excluding hydrogens is 124 g/mol. The van der Waals surface area contributed by atoms with Crippen LogP contribution in [0.15, 0.2) is 12.2 Å². The van der Waals surface area contributed by atoms with Gasteiger partial charge in [-0.3, -0.25) is 4.79 Å². The first-order valence-electron chi connectivity index (χ1n) is 3.75. The van der Waals surface area contributed by atoms with Crippen molar-refractivity contribution in [2.45, 2.75) is 27.2 Å². The zero-order valence-electron chi connectivity index (χ0n) is 6.85. The molecule has 0 spiro atoms. The maximum absolute atomic E-state index is 11.0. The Hall–Kier alpha value is -0.590. The lowest BCUT2D eigenvalue weighted by Gasteiger charge is -2.40. The number of hydrogen-bond donors (Lipinski definition) is 0. The zero-order chi connectivity index (χ0) is 7.78. The Balaban J connectivity index is 2.63. The van der Waals surface area contributed by atoms with Crippen molar-refractivity contribution in [2.24, 2.45) is 11.3 Å². The molecule has 10 heavy (non-hydrogen) atoms. The summed E-state index contributed by atoms with van der Waals surface area (Å²) in [6, 6.07) is 0. The largest absolute Gasteiger partial charge is 0.299 e. The molecule has 0 radical (unpaired) electrons. The Morgan fingerprint density at radius 1 is 1.60 bits per heavy atom. The zero-order valence-corrected chi connectivity index (χ0v) is 6.85. The minimum atomic E-state index is -0.0769. The summed E-state index contributed by atoms with van der Waals surface area (Å²) < 4.78 is 0. The van der Waals surface area contributed by atoms with E-state index < -0.39 is 0 Å². The summed E-state index contributed by atoms with van der Waals surface area (Å²) in [4.78, 5) is 11.0. The Morgan fingerprint density at radius 2 is 2.20 bits per heavy atom. The summed E-state index contributed by atoms with van der Waals surface area (Å²) in [5, 5.41) is 0. The van der Waals surface area contributed by atoms with Crippen molar-refractivity contribution in [3.05, 3.63) is 12.2 Å². The van der Waals surface area contributed by atoms with Crippen molar-refractivity contribution in [3.8, 4) is 0 Å². The molecule has 1 nitrogen and oxygen atoms in total. The molecule has 1 aliphatic rings. The quantitative estimate of drug-likeness (QED) is 0.507. The van der Waals surface area contributed by atoms with Crippen molar-refractivity contribution < 1.29 is 4.79 Å². The van der Waals surface area contributed by atoms with Crippen LogP contribution < -0.4 is 0 Å². The highest BCUT2D eigenvalue weighted by atomic mass is 16.1. The minimum absolute atomic E-state index is 0.0769. The van der Waals surface area contributed by atoms with Crippen molar-refractivity contribution in [1.29, 1.82) is 0 Å². The van der Waals surface area contributed by atoms with Gasteiger partial charge in [0, 0.05) is 11.8 Å². The first kappa shape index (κ1) is 7.52. The van der Waals surface area contributed by atoms with Gasteiger partial charge in [-0.25, -0.2) is 0 Å². The van der Waals surface area contributed by atoms with E-state index in [9.17, 15) is 4.79 Å². The second-order valence-corrected chi connectivity index (χ2v) is 3.48. The van der Waals surface area contributed by atoms with Gasteiger partial charge in [0.1, 0.15) is 5.78 Å². The number of allylic oxidation sites excluding steroid dienone is 2. The predicted octanol–water partition coefficient (Wildman–Crippen LogP) is 2.18. The van der Waals surface area contributed by atoms with Gasteiger partial charge < -0.3 is 0 Å². The normalized spacial score (nSPS) is 30.7. The summed E-state index contributed by atoms with van der Waals surface area (Å²) in [5.74, 6) is 0.889. The van der Waals surface area contributed by atoms with Crippen molar-refractivity contribution in [2.75, 3.05) is 0 Å². The summed E-state index contributed by atoms with van der Waals surface area (Å²) in [6.07, 6.45) is 4.90. The van der Waals surface area contributed by atoms with Gasteiger partial charge in [-0.2, -0.15) is 0 Å². The first-order chi connectivity index (χ1) is 4.59. The highest BCUT2D eigenvalue weighted by Gasteiger charge is 2.45. The van der Waals surface area contributed by atoms with Crippen LogP contribution >= 0.6 is 0 Å². The molecule has 0 N–H and O–H groups in total. The molecule has 1 unspecified atom stereocenters. The maximum atomic E-state index is 11.0. The monoisotopic (exact) mass is 138 g/mol. The van der Waals surface area contributed by atoms with Gasteiger partial charge >= 0.3 is 0 Å². The molecule has 0 bridgehead atoms. The van der Waals surface area contributed by atoms with Gasteiger partial charge in [-0.05, 0) is 12.8 Å². The Bertz CT molecular complexity index is 177. The van der Waals surface area contributed by atoms with Crippen LogP contribution in [0.1, 0.15) is 27.2 Å². The highest BCUT2D eigenvalue weighted by molar-refractivity contribution is 5.91. The standard InChI is InChI=1S/C9H14O/c1-4-5-7-6-8(10)9(7,2)3/h4-5,7H,6H2,1-3H3/b5-4-. The number of ketones is 1. The summed E-state index contributed by atoms with van der Waals surface area (Å²) in [6.45, 7) is 6.03. The SMILES string of the molecule is C/C=C\C1CC(=O)C1(C)C. The second-order valence-electron chi connectivity index (χ2n) is 3.48. The smallest absolute Gasteiger partial charge is 0.139 e. The lowest BCUT2D eigenvalue weighted by molar-refractivity contribution is -0.139. The van der Waals surface area contributed by atoms with Crippen LogP contribution in [0.2, 0.25) is 0 Å². The minimum Gasteiger partial charge on any atom is -0.299 e. The van der Waals surface area contributed by atoms with E-state index in [2.05, 4.69) is 6.08 Å². The average Bonchev–Trinajstić information content (AvgIpc) is 1.88. The lowest BCUT2D eigenvalue weighted by Crippen LogP contribution is -2.44. The van der Waals surface area contributed by atoms with Crippen molar-refractivity contribution in [1.82, 2.24) is 0 Å². The van der Waals surface area contributed by atoms with E-state index in [0.717, 1.165) is 6.42 Å². The molecule has 1 atom stereocenters. The molecule has 1 rings (SSSR count). The third kappa shape index (κ3) is 0.898. The number of carbonyl (C=O) groups excluding carboxylic acids is 1. The average molecular weight is 138 g/mol. The summed E-state index contributed by atoms with van der Waals surface area (Å²) in [7, 11) is 0. The third-order valence-corrected chi connectivity index (χ3v) is 2.48. The summed E-state index contributed by atoms with van der Waals surface area (Å²) in [5.41, 5.74) is -0.0769. The second kappa shape index (κ2) is 2.22. The van der Waals surface area contributed by atoms with Crippen molar-refractivity contribution in [3.63, 3.8) is 0 Å². The predicted molar refractivity (Wildman–Crippen MR) is 41.7 cm³/mol.